The number of rotatable bonds is 7. The number of hydrogen-bond acceptors (Lipinski definition) is 4. The minimum absolute atomic E-state index is 0.165. The molecule has 1 heterocycles. The molecule has 0 aromatic carbocycles. The Hall–Kier alpha value is -0.420. The lowest BCUT2D eigenvalue weighted by molar-refractivity contribution is -0.120. The fourth-order valence-corrected chi connectivity index (χ4v) is 2.78. The number of hydrogen-bond donors (Lipinski definition) is 0. The smallest absolute Gasteiger partial charge is 0.159 e. The highest BCUT2D eigenvalue weighted by Gasteiger charge is 2.37. The lowest BCUT2D eigenvalue weighted by atomic mass is 9.93. The highest BCUT2D eigenvalue weighted by molar-refractivity contribution is 7.92. The SMILES string of the molecule is CC(C)(C(=O)CCCCC1CCOCC1)S(C)(=O)=O. The summed E-state index contributed by atoms with van der Waals surface area (Å²) in [5.41, 5.74) is 0. The molecule has 0 aromatic rings. The van der Waals surface area contributed by atoms with Crippen LogP contribution in [0.25, 0.3) is 0 Å². The van der Waals surface area contributed by atoms with Crippen molar-refractivity contribution in [3.8, 4) is 0 Å². The van der Waals surface area contributed by atoms with Crippen LogP contribution in [0.15, 0.2) is 0 Å². The van der Waals surface area contributed by atoms with Crippen molar-refractivity contribution in [3.05, 3.63) is 0 Å². The minimum atomic E-state index is -3.33. The number of sulfone groups is 1. The number of ether oxygens (including phenoxy) is 1. The lowest BCUT2D eigenvalue weighted by Gasteiger charge is -2.22. The Balaban J connectivity index is 2.27. The Morgan fingerprint density at radius 3 is 2.32 bits per heavy atom. The van der Waals surface area contributed by atoms with Gasteiger partial charge in [0, 0.05) is 25.9 Å². The molecule has 1 aliphatic heterocycles. The van der Waals surface area contributed by atoms with Gasteiger partial charge in [0.05, 0.1) is 0 Å². The van der Waals surface area contributed by atoms with Crippen LogP contribution in [0.4, 0.5) is 0 Å². The van der Waals surface area contributed by atoms with Gasteiger partial charge in [-0.2, -0.15) is 0 Å². The van der Waals surface area contributed by atoms with Crippen molar-refractivity contribution >= 4 is 15.6 Å². The third-order valence-corrected chi connectivity index (χ3v) is 6.29. The van der Waals surface area contributed by atoms with E-state index in [1.165, 1.54) is 13.8 Å². The monoisotopic (exact) mass is 290 g/mol. The summed E-state index contributed by atoms with van der Waals surface area (Å²) < 4.78 is 27.1. The molecule has 1 fully saturated rings. The van der Waals surface area contributed by atoms with Crippen molar-refractivity contribution in [1.82, 2.24) is 0 Å². The Labute approximate surface area is 116 Å². The molecule has 5 heteroatoms. The highest BCUT2D eigenvalue weighted by atomic mass is 32.2. The van der Waals surface area contributed by atoms with Gasteiger partial charge < -0.3 is 4.74 Å². The summed E-state index contributed by atoms with van der Waals surface area (Å²) in [6.07, 6.45) is 6.63. The average molecular weight is 290 g/mol. The van der Waals surface area contributed by atoms with E-state index in [1.54, 1.807) is 0 Å². The average Bonchev–Trinajstić information content (AvgIpc) is 2.34. The van der Waals surface area contributed by atoms with E-state index in [0.717, 1.165) is 51.6 Å². The summed E-state index contributed by atoms with van der Waals surface area (Å²) in [6.45, 7) is 4.71. The van der Waals surface area contributed by atoms with Crippen molar-refractivity contribution in [2.75, 3.05) is 19.5 Å². The predicted octanol–water partition coefficient (Wildman–Crippen LogP) is 2.37. The van der Waals surface area contributed by atoms with Crippen molar-refractivity contribution in [2.24, 2.45) is 5.92 Å². The second-order valence-electron chi connectivity index (χ2n) is 6.01. The molecule has 0 radical (unpaired) electrons. The Morgan fingerprint density at radius 1 is 1.21 bits per heavy atom. The van der Waals surface area contributed by atoms with Crippen LogP contribution >= 0.6 is 0 Å². The van der Waals surface area contributed by atoms with Crippen molar-refractivity contribution < 1.29 is 17.9 Å². The number of ketones is 1. The summed E-state index contributed by atoms with van der Waals surface area (Å²) in [7, 11) is -3.33. The van der Waals surface area contributed by atoms with Crippen LogP contribution in [0.2, 0.25) is 0 Å². The first-order valence-corrected chi connectivity index (χ1v) is 8.95. The van der Waals surface area contributed by atoms with E-state index in [2.05, 4.69) is 0 Å². The van der Waals surface area contributed by atoms with Gasteiger partial charge in [0.2, 0.25) is 0 Å². The molecule has 0 amide bonds. The summed E-state index contributed by atoms with van der Waals surface area (Å²) in [5.74, 6) is 0.550. The molecule has 0 spiro atoms. The highest BCUT2D eigenvalue weighted by Crippen LogP contribution is 2.23. The Morgan fingerprint density at radius 2 is 1.79 bits per heavy atom. The maximum absolute atomic E-state index is 12.0. The molecule has 0 bridgehead atoms. The number of carbonyl (C=O) groups is 1. The molecular formula is C14H26O4S. The fourth-order valence-electron chi connectivity index (χ4n) is 2.26. The van der Waals surface area contributed by atoms with Crippen LogP contribution in [0.3, 0.4) is 0 Å². The molecule has 0 saturated carbocycles. The minimum Gasteiger partial charge on any atom is -0.381 e. The maximum Gasteiger partial charge on any atom is 0.159 e. The van der Waals surface area contributed by atoms with E-state index < -0.39 is 14.6 Å². The molecule has 0 atom stereocenters. The van der Waals surface area contributed by atoms with Crippen molar-refractivity contribution in [2.45, 2.75) is 57.1 Å². The quantitative estimate of drug-likeness (QED) is 0.675. The molecule has 112 valence electrons. The topological polar surface area (TPSA) is 60.4 Å². The largest absolute Gasteiger partial charge is 0.381 e. The zero-order valence-corrected chi connectivity index (χ0v) is 13.1. The van der Waals surface area contributed by atoms with E-state index in [4.69, 9.17) is 4.74 Å². The predicted molar refractivity (Wildman–Crippen MR) is 75.9 cm³/mol. The van der Waals surface area contributed by atoms with Crippen LogP contribution in [0, 0.1) is 5.92 Å². The van der Waals surface area contributed by atoms with Gasteiger partial charge in [-0.1, -0.05) is 12.8 Å². The van der Waals surface area contributed by atoms with Crippen LogP contribution in [0.1, 0.15) is 52.4 Å². The van der Waals surface area contributed by atoms with Gasteiger partial charge in [-0.05, 0) is 39.0 Å². The molecule has 0 unspecified atom stereocenters. The second-order valence-corrected chi connectivity index (χ2v) is 8.57. The van der Waals surface area contributed by atoms with Gasteiger partial charge in [-0.3, -0.25) is 4.79 Å². The first-order valence-electron chi connectivity index (χ1n) is 7.06. The van der Waals surface area contributed by atoms with Gasteiger partial charge in [-0.25, -0.2) is 8.42 Å². The maximum atomic E-state index is 12.0. The molecule has 1 aliphatic rings. The van der Waals surface area contributed by atoms with Gasteiger partial charge in [-0.15, -0.1) is 0 Å². The zero-order valence-electron chi connectivity index (χ0n) is 12.3. The molecule has 4 nitrogen and oxygen atoms in total. The number of carbonyl (C=O) groups excluding carboxylic acids is 1. The van der Waals surface area contributed by atoms with Crippen LogP contribution in [-0.2, 0) is 19.4 Å². The van der Waals surface area contributed by atoms with Gasteiger partial charge in [0.25, 0.3) is 0 Å². The molecule has 0 aliphatic carbocycles. The summed E-state index contributed by atoms with van der Waals surface area (Å²) in [6, 6.07) is 0. The standard InChI is InChI=1S/C14H26O4S/c1-14(2,19(3,16)17)13(15)7-5-4-6-12-8-10-18-11-9-12/h12H,4-11H2,1-3H3. The zero-order chi connectivity index (χ0) is 14.5. The van der Waals surface area contributed by atoms with Gasteiger partial charge in [0.15, 0.2) is 15.6 Å². The fraction of sp³-hybridized carbons (Fsp3) is 0.929. The number of unbranched alkanes of at least 4 members (excludes halogenated alkanes) is 1. The third kappa shape index (κ3) is 4.88. The Bertz CT molecular complexity index is 392. The van der Waals surface area contributed by atoms with Crippen LogP contribution < -0.4 is 0 Å². The van der Waals surface area contributed by atoms with E-state index in [0.29, 0.717) is 12.3 Å². The lowest BCUT2D eigenvalue weighted by Crippen LogP contribution is -2.39. The summed E-state index contributed by atoms with van der Waals surface area (Å²) >= 11 is 0. The molecule has 1 saturated heterocycles. The van der Waals surface area contributed by atoms with Crippen LogP contribution in [0.5, 0.6) is 0 Å². The van der Waals surface area contributed by atoms with E-state index in [1.807, 2.05) is 0 Å². The first-order chi connectivity index (χ1) is 8.75. The third-order valence-electron chi connectivity index (χ3n) is 4.21. The summed E-state index contributed by atoms with van der Waals surface area (Å²) in [5, 5.41) is 0. The number of Topliss-reactive ketones (excluding diaryl/α,β-unsaturated/α-hetero) is 1. The molecule has 1 rings (SSSR count). The Kier molecular flexibility index (Phi) is 5.99. The second kappa shape index (κ2) is 6.84. The molecule has 0 N–H and O–H groups in total. The van der Waals surface area contributed by atoms with Crippen molar-refractivity contribution in [3.63, 3.8) is 0 Å². The first kappa shape index (κ1) is 16.6. The van der Waals surface area contributed by atoms with E-state index in [-0.39, 0.29) is 5.78 Å². The normalized spacial score (nSPS) is 18.5. The van der Waals surface area contributed by atoms with Crippen molar-refractivity contribution in [1.29, 1.82) is 0 Å². The molecule has 19 heavy (non-hydrogen) atoms. The van der Waals surface area contributed by atoms with Gasteiger partial charge in [0.1, 0.15) is 4.75 Å². The van der Waals surface area contributed by atoms with Gasteiger partial charge >= 0.3 is 0 Å². The molecular weight excluding hydrogens is 264 g/mol. The van der Waals surface area contributed by atoms with E-state index >= 15 is 0 Å². The van der Waals surface area contributed by atoms with E-state index in [9.17, 15) is 13.2 Å². The molecule has 0 aromatic heterocycles. The van der Waals surface area contributed by atoms with Crippen LogP contribution in [-0.4, -0.2) is 38.4 Å². The summed E-state index contributed by atoms with van der Waals surface area (Å²) in [4.78, 5) is 12.0.